The predicted octanol–water partition coefficient (Wildman–Crippen LogP) is 5.51. The van der Waals surface area contributed by atoms with E-state index in [1.54, 1.807) is 31.3 Å². The van der Waals surface area contributed by atoms with Crippen LogP contribution in [0.5, 0.6) is 11.5 Å². The van der Waals surface area contributed by atoms with Gasteiger partial charge < -0.3 is 14.6 Å². The average Bonchev–Trinajstić information content (AvgIpc) is 3.14. The number of hydrogen-bond donors (Lipinski definition) is 1. The number of methoxy groups -OCH3 is 2. The standard InChI is InChI=1S/C27H24N2O5S/c1-17-13-22(33-2)23(34-3)14-20(17)15-24-25(30)29(16-18-9-11-19(12-10-18)26(31)32)27(35-24)28-21-7-5-4-6-8-21/h4-15H,16H2,1-3H3,(H,31,32). The number of aryl methyl sites for hydroxylation is 1. The molecule has 3 aromatic rings. The van der Waals surface area contributed by atoms with E-state index in [0.29, 0.717) is 21.6 Å². The van der Waals surface area contributed by atoms with Gasteiger partial charge in [0.1, 0.15) is 0 Å². The number of carbonyl (C=O) groups is 2. The molecule has 1 N–H and O–H groups in total. The zero-order chi connectivity index (χ0) is 24.9. The Bertz CT molecular complexity index is 1320. The van der Waals surface area contributed by atoms with Crippen LogP contribution in [-0.4, -0.2) is 41.3 Å². The molecule has 0 bridgehead atoms. The Labute approximate surface area is 207 Å². The van der Waals surface area contributed by atoms with Crippen molar-refractivity contribution in [1.29, 1.82) is 0 Å². The van der Waals surface area contributed by atoms with Gasteiger partial charge in [0.25, 0.3) is 5.91 Å². The first-order chi connectivity index (χ1) is 16.9. The molecule has 0 spiro atoms. The number of aromatic carboxylic acids is 1. The lowest BCUT2D eigenvalue weighted by molar-refractivity contribution is -0.122. The van der Waals surface area contributed by atoms with Gasteiger partial charge in [-0.1, -0.05) is 30.3 Å². The molecule has 1 heterocycles. The summed E-state index contributed by atoms with van der Waals surface area (Å²) < 4.78 is 10.8. The first-order valence-electron chi connectivity index (χ1n) is 10.8. The summed E-state index contributed by atoms with van der Waals surface area (Å²) in [7, 11) is 3.15. The average molecular weight is 489 g/mol. The zero-order valence-corrected chi connectivity index (χ0v) is 20.3. The molecule has 178 valence electrons. The van der Waals surface area contributed by atoms with E-state index in [4.69, 9.17) is 19.6 Å². The van der Waals surface area contributed by atoms with E-state index in [-0.39, 0.29) is 18.0 Å². The number of carboxylic acids is 1. The van der Waals surface area contributed by atoms with Crippen LogP contribution in [0.15, 0.2) is 76.6 Å². The van der Waals surface area contributed by atoms with E-state index in [1.807, 2.05) is 55.5 Å². The maximum absolute atomic E-state index is 13.5. The third kappa shape index (κ3) is 5.38. The molecule has 35 heavy (non-hydrogen) atoms. The lowest BCUT2D eigenvalue weighted by Crippen LogP contribution is -2.28. The highest BCUT2D eigenvalue weighted by Crippen LogP contribution is 2.37. The Hall–Kier alpha value is -4.04. The lowest BCUT2D eigenvalue weighted by Gasteiger charge is -2.16. The van der Waals surface area contributed by atoms with Gasteiger partial charge in [0.2, 0.25) is 0 Å². The highest BCUT2D eigenvalue weighted by molar-refractivity contribution is 8.18. The molecular formula is C27H24N2O5S. The predicted molar refractivity (Wildman–Crippen MR) is 137 cm³/mol. The number of carboxylic acid groups (broad SMARTS) is 1. The number of rotatable bonds is 7. The van der Waals surface area contributed by atoms with E-state index in [0.717, 1.165) is 22.4 Å². The highest BCUT2D eigenvalue weighted by Gasteiger charge is 2.33. The van der Waals surface area contributed by atoms with Crippen molar-refractivity contribution in [2.24, 2.45) is 4.99 Å². The molecule has 1 fully saturated rings. The molecule has 0 saturated carbocycles. The maximum Gasteiger partial charge on any atom is 0.335 e. The van der Waals surface area contributed by atoms with Gasteiger partial charge in [-0.15, -0.1) is 0 Å². The fraction of sp³-hybridized carbons (Fsp3) is 0.148. The van der Waals surface area contributed by atoms with Crippen LogP contribution < -0.4 is 9.47 Å². The Kier molecular flexibility index (Phi) is 7.22. The minimum atomic E-state index is -0.994. The summed E-state index contributed by atoms with van der Waals surface area (Å²) in [4.78, 5) is 31.5. The van der Waals surface area contributed by atoms with Crippen LogP contribution in [0.4, 0.5) is 5.69 Å². The molecule has 3 aromatic carbocycles. The quantitative estimate of drug-likeness (QED) is 0.441. The SMILES string of the molecule is COc1cc(C)c(C=C2SC(=Nc3ccccc3)N(Cc3ccc(C(=O)O)cc3)C2=O)cc1OC. The van der Waals surface area contributed by atoms with Crippen molar-refractivity contribution >= 4 is 40.6 Å². The van der Waals surface area contributed by atoms with Gasteiger partial charge >= 0.3 is 5.97 Å². The fourth-order valence-corrected chi connectivity index (χ4v) is 4.56. The first-order valence-corrected chi connectivity index (χ1v) is 11.6. The molecule has 0 radical (unpaired) electrons. The van der Waals surface area contributed by atoms with Crippen molar-refractivity contribution in [3.8, 4) is 11.5 Å². The van der Waals surface area contributed by atoms with Crippen molar-refractivity contribution < 1.29 is 24.2 Å². The summed E-state index contributed by atoms with van der Waals surface area (Å²) in [6.45, 7) is 2.21. The summed E-state index contributed by atoms with van der Waals surface area (Å²) in [5.41, 5.74) is 3.50. The van der Waals surface area contributed by atoms with Crippen LogP contribution in [0.3, 0.4) is 0 Å². The van der Waals surface area contributed by atoms with E-state index >= 15 is 0 Å². The largest absolute Gasteiger partial charge is 0.493 e. The van der Waals surface area contributed by atoms with Crippen LogP contribution in [0.2, 0.25) is 0 Å². The van der Waals surface area contributed by atoms with Crippen LogP contribution in [0.1, 0.15) is 27.0 Å². The summed E-state index contributed by atoms with van der Waals surface area (Å²) in [6.07, 6.45) is 1.83. The molecule has 0 atom stereocenters. The molecule has 7 nitrogen and oxygen atoms in total. The number of benzene rings is 3. The Morgan fingerprint density at radius 3 is 2.31 bits per heavy atom. The molecule has 1 saturated heterocycles. The third-order valence-corrected chi connectivity index (χ3v) is 6.48. The summed E-state index contributed by atoms with van der Waals surface area (Å²) in [6, 6.07) is 19.6. The van der Waals surface area contributed by atoms with Crippen LogP contribution in [0.25, 0.3) is 6.08 Å². The van der Waals surface area contributed by atoms with E-state index in [2.05, 4.69) is 0 Å². The number of nitrogens with zero attached hydrogens (tertiary/aromatic N) is 2. The number of carbonyl (C=O) groups excluding carboxylic acids is 1. The summed E-state index contributed by atoms with van der Waals surface area (Å²) in [5.74, 6) is 0.0247. The normalized spacial score (nSPS) is 15.6. The van der Waals surface area contributed by atoms with Gasteiger partial charge in [0, 0.05) is 0 Å². The summed E-state index contributed by atoms with van der Waals surface area (Å²) in [5, 5.41) is 9.71. The van der Waals surface area contributed by atoms with Crippen LogP contribution in [-0.2, 0) is 11.3 Å². The second-order valence-corrected chi connectivity index (χ2v) is 8.81. The number of amides is 1. The minimum Gasteiger partial charge on any atom is -0.493 e. The van der Waals surface area contributed by atoms with Gasteiger partial charge in [-0.3, -0.25) is 9.69 Å². The number of hydrogen-bond acceptors (Lipinski definition) is 6. The number of thioether (sulfide) groups is 1. The molecular weight excluding hydrogens is 464 g/mol. The number of amidine groups is 1. The van der Waals surface area contributed by atoms with E-state index in [9.17, 15) is 9.59 Å². The molecule has 4 rings (SSSR count). The van der Waals surface area contributed by atoms with Crippen LogP contribution in [0, 0.1) is 6.92 Å². The van der Waals surface area contributed by atoms with Crippen molar-refractivity contribution in [3.05, 3.63) is 93.9 Å². The smallest absolute Gasteiger partial charge is 0.335 e. The van der Waals surface area contributed by atoms with Crippen LogP contribution >= 0.6 is 11.8 Å². The lowest BCUT2D eigenvalue weighted by atomic mass is 10.1. The van der Waals surface area contributed by atoms with Crippen molar-refractivity contribution in [2.45, 2.75) is 13.5 Å². The zero-order valence-electron chi connectivity index (χ0n) is 19.5. The van der Waals surface area contributed by atoms with Crippen molar-refractivity contribution in [2.75, 3.05) is 14.2 Å². The molecule has 0 aromatic heterocycles. The highest BCUT2D eigenvalue weighted by atomic mass is 32.2. The molecule has 8 heteroatoms. The molecule has 1 aliphatic heterocycles. The van der Waals surface area contributed by atoms with E-state index in [1.165, 1.54) is 23.9 Å². The fourth-order valence-electron chi connectivity index (χ4n) is 3.57. The van der Waals surface area contributed by atoms with Crippen molar-refractivity contribution in [3.63, 3.8) is 0 Å². The van der Waals surface area contributed by atoms with Gasteiger partial charge in [0.05, 0.1) is 36.9 Å². The Morgan fingerprint density at radius 1 is 1.03 bits per heavy atom. The topological polar surface area (TPSA) is 88.4 Å². The minimum absolute atomic E-state index is 0.179. The molecule has 0 aliphatic carbocycles. The Balaban J connectivity index is 1.71. The van der Waals surface area contributed by atoms with Gasteiger partial charge in [-0.25, -0.2) is 9.79 Å². The maximum atomic E-state index is 13.5. The second kappa shape index (κ2) is 10.5. The van der Waals surface area contributed by atoms with E-state index < -0.39 is 5.97 Å². The number of para-hydroxylation sites is 1. The van der Waals surface area contributed by atoms with Gasteiger partial charge in [-0.05, 0) is 77.9 Å². The molecule has 1 aliphatic rings. The molecule has 1 amide bonds. The van der Waals surface area contributed by atoms with Crippen molar-refractivity contribution in [1.82, 2.24) is 4.90 Å². The summed E-state index contributed by atoms with van der Waals surface area (Å²) >= 11 is 1.30. The van der Waals surface area contributed by atoms with Gasteiger partial charge in [0.15, 0.2) is 16.7 Å². The first kappa shape index (κ1) is 24.1. The third-order valence-electron chi connectivity index (χ3n) is 5.47. The monoisotopic (exact) mass is 488 g/mol. The second-order valence-electron chi connectivity index (χ2n) is 7.80. The number of aliphatic imine (C=N–C) groups is 1. The Morgan fingerprint density at radius 2 is 1.69 bits per heavy atom. The number of ether oxygens (including phenoxy) is 2. The molecule has 0 unspecified atom stereocenters. The van der Waals surface area contributed by atoms with Gasteiger partial charge in [-0.2, -0.15) is 0 Å².